The molecule has 0 spiro atoms. The van der Waals surface area contributed by atoms with E-state index in [2.05, 4.69) is 0 Å². The summed E-state index contributed by atoms with van der Waals surface area (Å²) in [6.45, 7) is 3.63. The first-order valence-corrected chi connectivity index (χ1v) is 12.2. The van der Waals surface area contributed by atoms with Crippen molar-refractivity contribution in [3.8, 4) is 5.75 Å². The fourth-order valence-corrected chi connectivity index (χ4v) is 5.00. The molecule has 0 radical (unpaired) electrons. The number of nitrogens with zero attached hydrogens (tertiary/aromatic N) is 3. The van der Waals surface area contributed by atoms with Crippen LogP contribution in [0.1, 0.15) is 31.2 Å². The normalized spacial score (nSPS) is 21.8. The van der Waals surface area contributed by atoms with Gasteiger partial charge in [-0.3, -0.25) is 9.59 Å². The second kappa shape index (κ2) is 10.6. The number of amides is 3. The summed E-state index contributed by atoms with van der Waals surface area (Å²) in [4.78, 5) is 43.4. The Hall–Kier alpha value is -3.13. The molecule has 0 bridgehead atoms. The molecule has 2 fully saturated rings. The van der Waals surface area contributed by atoms with Gasteiger partial charge in [-0.05, 0) is 48.4 Å². The molecule has 2 aliphatic rings. The van der Waals surface area contributed by atoms with E-state index >= 15 is 0 Å². The Morgan fingerprint density at radius 3 is 2.37 bits per heavy atom. The van der Waals surface area contributed by atoms with Crippen LogP contribution in [0.5, 0.6) is 5.75 Å². The van der Waals surface area contributed by atoms with E-state index in [9.17, 15) is 18.8 Å². The summed E-state index contributed by atoms with van der Waals surface area (Å²) in [5.41, 5.74) is 0.963. The summed E-state index contributed by atoms with van der Waals surface area (Å²) >= 11 is 6.08. The Bertz CT molecular complexity index is 1080. The largest absolute Gasteiger partial charge is 0.415 e. The number of likely N-dealkylation sites (tertiary alicyclic amines) is 2. The molecule has 4 rings (SSSR count). The van der Waals surface area contributed by atoms with Crippen LogP contribution in [0, 0.1) is 11.7 Å². The van der Waals surface area contributed by atoms with Gasteiger partial charge in [0.25, 0.3) is 0 Å². The SMILES string of the molecule is CCC(=O)N1CCC(C(=O)N2C[C@@H](N(C)C(=O)Oc3ccc(F)cc3)[C@H](c3ccc(Cl)cc3)C2)C1. The minimum Gasteiger partial charge on any atom is -0.410 e. The van der Waals surface area contributed by atoms with Crippen molar-refractivity contribution < 1.29 is 23.5 Å². The summed E-state index contributed by atoms with van der Waals surface area (Å²) in [6.07, 6.45) is 0.474. The van der Waals surface area contributed by atoms with Crippen LogP contribution >= 0.6 is 11.6 Å². The number of likely N-dealkylation sites (N-methyl/N-ethyl adjacent to an activating group) is 1. The van der Waals surface area contributed by atoms with E-state index in [4.69, 9.17) is 16.3 Å². The number of benzene rings is 2. The van der Waals surface area contributed by atoms with Gasteiger partial charge in [0.05, 0.1) is 12.0 Å². The van der Waals surface area contributed by atoms with Crippen LogP contribution in [0.2, 0.25) is 5.02 Å². The van der Waals surface area contributed by atoms with Crippen molar-refractivity contribution in [3.63, 3.8) is 0 Å². The monoisotopic (exact) mass is 501 g/mol. The molecule has 35 heavy (non-hydrogen) atoms. The number of halogens is 2. The maximum Gasteiger partial charge on any atom is 0.415 e. The van der Waals surface area contributed by atoms with Crippen molar-refractivity contribution in [2.24, 2.45) is 5.92 Å². The Balaban J connectivity index is 1.51. The van der Waals surface area contributed by atoms with Crippen LogP contribution in [0.25, 0.3) is 0 Å². The summed E-state index contributed by atoms with van der Waals surface area (Å²) in [5.74, 6) is -0.510. The standard InChI is InChI=1S/C26H29ClFN3O4/c1-3-24(32)30-13-12-18(14-30)25(33)31-15-22(17-4-6-19(27)7-5-17)23(16-31)29(2)26(34)35-21-10-8-20(28)9-11-21/h4-11,18,22-23H,3,12-16H2,1-2H3/t18?,22-,23+/m0/s1. The van der Waals surface area contributed by atoms with Crippen LogP contribution in [-0.4, -0.2) is 71.9 Å². The maximum absolute atomic E-state index is 13.4. The molecule has 2 aromatic carbocycles. The number of hydrogen-bond donors (Lipinski definition) is 0. The second-order valence-electron chi connectivity index (χ2n) is 9.08. The van der Waals surface area contributed by atoms with Crippen molar-refractivity contribution in [3.05, 3.63) is 64.9 Å². The predicted molar refractivity (Wildman–Crippen MR) is 130 cm³/mol. The zero-order chi connectivity index (χ0) is 25.1. The van der Waals surface area contributed by atoms with Gasteiger partial charge in [0.2, 0.25) is 11.8 Å². The number of ether oxygens (including phenoxy) is 1. The van der Waals surface area contributed by atoms with E-state index < -0.39 is 11.9 Å². The van der Waals surface area contributed by atoms with Gasteiger partial charge in [-0.2, -0.15) is 0 Å². The highest BCUT2D eigenvalue weighted by Crippen LogP contribution is 2.34. The second-order valence-corrected chi connectivity index (χ2v) is 9.52. The Morgan fingerprint density at radius 2 is 1.71 bits per heavy atom. The van der Waals surface area contributed by atoms with Gasteiger partial charge in [0.1, 0.15) is 11.6 Å². The lowest BCUT2D eigenvalue weighted by Gasteiger charge is -2.28. The molecular formula is C26H29ClFN3O4. The van der Waals surface area contributed by atoms with Crippen molar-refractivity contribution in [1.29, 1.82) is 0 Å². The van der Waals surface area contributed by atoms with Gasteiger partial charge in [-0.15, -0.1) is 0 Å². The summed E-state index contributed by atoms with van der Waals surface area (Å²) in [5, 5.41) is 0.604. The maximum atomic E-state index is 13.4. The van der Waals surface area contributed by atoms with Crippen molar-refractivity contribution >= 4 is 29.5 Å². The molecule has 0 aliphatic carbocycles. The molecule has 0 aromatic heterocycles. The Kier molecular flexibility index (Phi) is 7.60. The van der Waals surface area contributed by atoms with Crippen LogP contribution in [0.3, 0.4) is 0 Å². The van der Waals surface area contributed by atoms with Gasteiger partial charge in [0, 0.05) is 50.6 Å². The molecule has 186 valence electrons. The van der Waals surface area contributed by atoms with Crippen LogP contribution in [-0.2, 0) is 9.59 Å². The molecule has 2 heterocycles. The summed E-state index contributed by atoms with van der Waals surface area (Å²) in [7, 11) is 1.64. The van der Waals surface area contributed by atoms with Gasteiger partial charge < -0.3 is 19.4 Å². The van der Waals surface area contributed by atoms with E-state index in [1.807, 2.05) is 19.1 Å². The zero-order valence-electron chi connectivity index (χ0n) is 19.8. The molecule has 1 unspecified atom stereocenters. The van der Waals surface area contributed by atoms with Gasteiger partial charge in [-0.25, -0.2) is 9.18 Å². The lowest BCUT2D eigenvalue weighted by molar-refractivity contribution is -0.135. The number of carbonyl (C=O) groups is 3. The molecule has 2 aliphatic heterocycles. The van der Waals surface area contributed by atoms with Gasteiger partial charge in [-0.1, -0.05) is 30.7 Å². The third-order valence-corrected chi connectivity index (χ3v) is 7.15. The molecule has 3 atom stereocenters. The molecule has 2 saturated heterocycles. The van der Waals surface area contributed by atoms with Crippen LogP contribution < -0.4 is 4.74 Å². The average molecular weight is 502 g/mol. The fourth-order valence-electron chi connectivity index (χ4n) is 4.88. The quantitative estimate of drug-likeness (QED) is 0.617. The zero-order valence-corrected chi connectivity index (χ0v) is 20.6. The first-order valence-electron chi connectivity index (χ1n) is 11.8. The minimum absolute atomic E-state index is 0.00170. The van der Waals surface area contributed by atoms with E-state index in [0.717, 1.165) is 5.56 Å². The predicted octanol–water partition coefficient (Wildman–Crippen LogP) is 4.16. The van der Waals surface area contributed by atoms with E-state index in [1.54, 1.807) is 29.0 Å². The molecule has 0 N–H and O–H groups in total. The van der Waals surface area contributed by atoms with Crippen LogP contribution in [0.4, 0.5) is 9.18 Å². The lowest BCUT2D eigenvalue weighted by Crippen LogP contribution is -2.44. The third-order valence-electron chi connectivity index (χ3n) is 6.90. The topological polar surface area (TPSA) is 70.2 Å². The van der Waals surface area contributed by atoms with Crippen molar-refractivity contribution in [1.82, 2.24) is 14.7 Å². The molecule has 2 aromatic rings. The highest BCUT2D eigenvalue weighted by atomic mass is 35.5. The van der Waals surface area contributed by atoms with Gasteiger partial charge in [0.15, 0.2) is 0 Å². The summed E-state index contributed by atoms with van der Waals surface area (Å²) < 4.78 is 18.7. The number of hydrogen-bond acceptors (Lipinski definition) is 4. The highest BCUT2D eigenvalue weighted by molar-refractivity contribution is 6.30. The van der Waals surface area contributed by atoms with E-state index in [-0.39, 0.29) is 35.4 Å². The molecular weight excluding hydrogens is 473 g/mol. The Labute approximate surface area is 209 Å². The highest BCUT2D eigenvalue weighted by Gasteiger charge is 2.43. The van der Waals surface area contributed by atoms with Crippen LogP contribution in [0.15, 0.2) is 48.5 Å². The average Bonchev–Trinajstić information content (AvgIpc) is 3.53. The first-order chi connectivity index (χ1) is 16.8. The van der Waals surface area contributed by atoms with Gasteiger partial charge >= 0.3 is 6.09 Å². The van der Waals surface area contributed by atoms with Crippen molar-refractivity contribution in [2.45, 2.75) is 31.7 Å². The lowest BCUT2D eigenvalue weighted by atomic mass is 9.93. The Morgan fingerprint density at radius 1 is 1.03 bits per heavy atom. The summed E-state index contributed by atoms with van der Waals surface area (Å²) in [6, 6.07) is 12.3. The number of rotatable bonds is 5. The smallest absolute Gasteiger partial charge is 0.410 e. The van der Waals surface area contributed by atoms with Crippen molar-refractivity contribution in [2.75, 3.05) is 33.2 Å². The minimum atomic E-state index is -0.588. The first kappa shape index (κ1) is 25.0. The van der Waals surface area contributed by atoms with E-state index in [1.165, 1.54) is 29.2 Å². The molecule has 3 amide bonds. The molecule has 7 nitrogen and oxygen atoms in total. The third kappa shape index (κ3) is 5.59. The number of carbonyl (C=O) groups excluding carboxylic acids is 3. The molecule has 9 heteroatoms. The molecule has 0 saturated carbocycles. The van der Waals surface area contributed by atoms with E-state index in [0.29, 0.717) is 44.0 Å². The fraction of sp³-hybridized carbons (Fsp3) is 0.423.